The lowest BCUT2D eigenvalue weighted by Crippen LogP contribution is -2.38. The standard InChI is InChI=1S/C12H13Br2NO4S/c13-8-3-4-11(9(14)5-8)20(18,19)15-10(6-12(16)17)7-1-2-7/h3-5,7,10,15H,1-2,6H2,(H,16,17). The van der Waals surface area contributed by atoms with E-state index >= 15 is 0 Å². The molecule has 0 bridgehead atoms. The van der Waals surface area contributed by atoms with Crippen molar-refractivity contribution in [2.45, 2.75) is 30.2 Å². The Morgan fingerprint density at radius 3 is 2.55 bits per heavy atom. The zero-order valence-electron chi connectivity index (χ0n) is 10.3. The Morgan fingerprint density at radius 1 is 1.40 bits per heavy atom. The van der Waals surface area contributed by atoms with E-state index in [1.807, 2.05) is 0 Å². The van der Waals surface area contributed by atoms with Crippen LogP contribution in [0, 0.1) is 5.92 Å². The van der Waals surface area contributed by atoms with Gasteiger partial charge in [0.05, 0.1) is 11.3 Å². The van der Waals surface area contributed by atoms with E-state index in [9.17, 15) is 13.2 Å². The summed E-state index contributed by atoms with van der Waals surface area (Å²) >= 11 is 6.47. The second-order valence-electron chi connectivity index (χ2n) is 4.74. The van der Waals surface area contributed by atoms with E-state index in [2.05, 4.69) is 36.6 Å². The van der Waals surface area contributed by atoms with Crippen LogP contribution in [0.15, 0.2) is 32.0 Å². The molecule has 110 valence electrons. The highest BCUT2D eigenvalue weighted by Crippen LogP contribution is 2.35. The topological polar surface area (TPSA) is 83.5 Å². The van der Waals surface area contributed by atoms with Gasteiger partial charge in [0.15, 0.2) is 0 Å². The highest BCUT2D eigenvalue weighted by molar-refractivity contribution is 9.11. The number of carboxylic acids is 1. The minimum absolute atomic E-state index is 0.108. The number of aliphatic carboxylic acids is 1. The molecule has 0 spiro atoms. The molecule has 1 fully saturated rings. The molecule has 1 aromatic rings. The Morgan fingerprint density at radius 2 is 2.05 bits per heavy atom. The van der Waals surface area contributed by atoms with Gasteiger partial charge in [0.1, 0.15) is 0 Å². The Hall–Kier alpha value is -0.440. The molecule has 2 N–H and O–H groups in total. The highest BCUT2D eigenvalue weighted by Gasteiger charge is 2.36. The maximum Gasteiger partial charge on any atom is 0.304 e. The Bertz CT molecular complexity index is 628. The Balaban J connectivity index is 2.22. The number of hydrogen-bond acceptors (Lipinski definition) is 3. The van der Waals surface area contributed by atoms with Crippen molar-refractivity contribution in [3.8, 4) is 0 Å². The van der Waals surface area contributed by atoms with Crippen LogP contribution in [0.1, 0.15) is 19.3 Å². The lowest BCUT2D eigenvalue weighted by Gasteiger charge is -2.17. The second-order valence-corrected chi connectivity index (χ2v) is 8.19. The van der Waals surface area contributed by atoms with Crippen LogP contribution >= 0.6 is 31.9 Å². The third-order valence-electron chi connectivity index (χ3n) is 3.08. The summed E-state index contributed by atoms with van der Waals surface area (Å²) in [4.78, 5) is 10.9. The smallest absolute Gasteiger partial charge is 0.304 e. The molecule has 5 nitrogen and oxygen atoms in total. The fourth-order valence-electron chi connectivity index (χ4n) is 1.95. The Labute approximate surface area is 134 Å². The monoisotopic (exact) mass is 425 g/mol. The van der Waals surface area contributed by atoms with Gasteiger partial charge in [-0.25, -0.2) is 13.1 Å². The van der Waals surface area contributed by atoms with Crippen molar-refractivity contribution in [1.82, 2.24) is 4.72 Å². The van der Waals surface area contributed by atoms with Gasteiger partial charge < -0.3 is 5.11 Å². The maximum atomic E-state index is 12.3. The van der Waals surface area contributed by atoms with Gasteiger partial charge in [0, 0.05) is 15.0 Å². The summed E-state index contributed by atoms with van der Waals surface area (Å²) in [5.74, 6) is -0.880. The SMILES string of the molecule is O=C(O)CC(NS(=O)(=O)c1ccc(Br)cc1Br)C1CC1. The molecule has 0 saturated heterocycles. The number of benzene rings is 1. The molecule has 0 heterocycles. The third-order valence-corrected chi connectivity index (χ3v) is 6.04. The number of halogens is 2. The van der Waals surface area contributed by atoms with E-state index in [1.165, 1.54) is 6.07 Å². The quantitative estimate of drug-likeness (QED) is 0.732. The minimum atomic E-state index is -3.74. The molecular weight excluding hydrogens is 414 g/mol. The lowest BCUT2D eigenvalue weighted by molar-refractivity contribution is -0.137. The van der Waals surface area contributed by atoms with E-state index in [0.717, 1.165) is 17.3 Å². The summed E-state index contributed by atoms with van der Waals surface area (Å²) < 4.78 is 28.4. The average Bonchev–Trinajstić information content (AvgIpc) is 3.09. The fraction of sp³-hybridized carbons (Fsp3) is 0.417. The van der Waals surface area contributed by atoms with E-state index in [0.29, 0.717) is 4.47 Å². The van der Waals surface area contributed by atoms with Crippen molar-refractivity contribution in [2.75, 3.05) is 0 Å². The lowest BCUT2D eigenvalue weighted by atomic mass is 10.1. The summed E-state index contributed by atoms with van der Waals surface area (Å²) in [6.07, 6.45) is 1.53. The normalized spacial score (nSPS) is 16.9. The summed E-state index contributed by atoms with van der Waals surface area (Å²) in [5.41, 5.74) is 0. The first-order valence-corrected chi connectivity index (χ1v) is 9.05. The first-order valence-electron chi connectivity index (χ1n) is 5.99. The molecule has 0 amide bonds. The van der Waals surface area contributed by atoms with Crippen LogP contribution in [-0.2, 0) is 14.8 Å². The summed E-state index contributed by atoms with van der Waals surface area (Å²) in [7, 11) is -3.74. The van der Waals surface area contributed by atoms with Gasteiger partial charge in [-0.3, -0.25) is 4.79 Å². The number of rotatable bonds is 6. The number of carboxylic acid groups (broad SMARTS) is 1. The van der Waals surface area contributed by atoms with Crippen LogP contribution in [0.25, 0.3) is 0 Å². The van der Waals surface area contributed by atoms with Crippen molar-refractivity contribution in [1.29, 1.82) is 0 Å². The van der Waals surface area contributed by atoms with Gasteiger partial charge in [-0.15, -0.1) is 0 Å². The molecule has 20 heavy (non-hydrogen) atoms. The number of nitrogens with one attached hydrogen (secondary N) is 1. The average molecular weight is 427 g/mol. The molecule has 0 aliphatic heterocycles. The molecule has 8 heteroatoms. The maximum absolute atomic E-state index is 12.3. The van der Waals surface area contributed by atoms with E-state index < -0.39 is 22.0 Å². The van der Waals surface area contributed by atoms with Crippen molar-refractivity contribution < 1.29 is 18.3 Å². The fourth-order valence-corrected chi connectivity index (χ4v) is 5.00. The van der Waals surface area contributed by atoms with Crippen LogP contribution < -0.4 is 4.72 Å². The molecule has 1 atom stereocenters. The van der Waals surface area contributed by atoms with Gasteiger partial charge in [-0.1, -0.05) is 15.9 Å². The van der Waals surface area contributed by atoms with Crippen molar-refractivity contribution in [3.05, 3.63) is 27.1 Å². The zero-order chi connectivity index (χ0) is 14.9. The first-order chi connectivity index (χ1) is 9.29. The minimum Gasteiger partial charge on any atom is -0.481 e. The van der Waals surface area contributed by atoms with Gasteiger partial charge in [-0.05, 0) is 52.9 Å². The van der Waals surface area contributed by atoms with E-state index in [-0.39, 0.29) is 17.2 Å². The van der Waals surface area contributed by atoms with Crippen LogP contribution in [0.3, 0.4) is 0 Å². The van der Waals surface area contributed by atoms with E-state index in [1.54, 1.807) is 12.1 Å². The summed E-state index contributed by atoms with van der Waals surface area (Å²) in [6, 6.07) is 4.19. The molecular formula is C12H13Br2NO4S. The number of sulfonamides is 1. The van der Waals surface area contributed by atoms with Crippen molar-refractivity contribution in [2.24, 2.45) is 5.92 Å². The highest BCUT2D eigenvalue weighted by atomic mass is 79.9. The number of carbonyl (C=O) groups is 1. The zero-order valence-corrected chi connectivity index (χ0v) is 14.3. The second kappa shape index (κ2) is 6.13. The molecule has 1 saturated carbocycles. The molecule has 0 aromatic heterocycles. The van der Waals surface area contributed by atoms with Crippen molar-refractivity contribution >= 4 is 47.9 Å². The van der Waals surface area contributed by atoms with E-state index in [4.69, 9.17) is 5.11 Å². The predicted octanol–water partition coefficient (Wildman–Crippen LogP) is 2.74. The number of hydrogen-bond donors (Lipinski definition) is 2. The molecule has 0 radical (unpaired) electrons. The van der Waals surface area contributed by atoms with Crippen molar-refractivity contribution in [3.63, 3.8) is 0 Å². The van der Waals surface area contributed by atoms with Gasteiger partial charge in [0.2, 0.25) is 10.0 Å². The van der Waals surface area contributed by atoms with Gasteiger partial charge >= 0.3 is 5.97 Å². The molecule has 1 aliphatic carbocycles. The molecule has 1 unspecified atom stereocenters. The summed E-state index contributed by atoms with van der Waals surface area (Å²) in [5, 5.41) is 8.87. The summed E-state index contributed by atoms with van der Waals surface area (Å²) in [6.45, 7) is 0. The van der Waals surface area contributed by atoms with Crippen LogP contribution in [0.5, 0.6) is 0 Å². The van der Waals surface area contributed by atoms with Crippen LogP contribution in [-0.4, -0.2) is 25.5 Å². The van der Waals surface area contributed by atoms with Crippen LogP contribution in [0.2, 0.25) is 0 Å². The first kappa shape index (κ1) is 15.9. The third kappa shape index (κ3) is 4.03. The largest absolute Gasteiger partial charge is 0.481 e. The molecule has 1 aromatic carbocycles. The Kier molecular flexibility index (Phi) is 4.88. The molecule has 1 aliphatic rings. The predicted molar refractivity (Wildman–Crippen MR) is 80.9 cm³/mol. The van der Waals surface area contributed by atoms with Gasteiger partial charge in [-0.2, -0.15) is 0 Å². The molecule has 2 rings (SSSR count). The van der Waals surface area contributed by atoms with Crippen LogP contribution in [0.4, 0.5) is 0 Å². The van der Waals surface area contributed by atoms with Gasteiger partial charge in [0.25, 0.3) is 0 Å².